The van der Waals surface area contributed by atoms with Gasteiger partial charge in [-0.15, -0.1) is 0 Å². The van der Waals surface area contributed by atoms with Crippen molar-refractivity contribution in [1.29, 1.82) is 0 Å². The van der Waals surface area contributed by atoms with Crippen molar-refractivity contribution in [1.82, 2.24) is 9.78 Å². The maximum atomic E-state index is 11.8. The van der Waals surface area contributed by atoms with Crippen LogP contribution in [0.4, 0.5) is 0 Å². The zero-order valence-corrected chi connectivity index (χ0v) is 10.9. The zero-order chi connectivity index (χ0) is 12.8. The molecule has 1 unspecified atom stereocenters. The third-order valence-electron chi connectivity index (χ3n) is 3.38. The first-order valence-electron chi connectivity index (χ1n) is 6.27. The molecule has 0 aliphatic rings. The molecule has 0 spiro atoms. The highest BCUT2D eigenvalue weighted by molar-refractivity contribution is 5.83. The Balaban J connectivity index is 2.47. The highest BCUT2D eigenvalue weighted by Crippen LogP contribution is 2.15. The van der Waals surface area contributed by atoms with Gasteiger partial charge in [-0.25, -0.2) is 0 Å². The monoisotopic (exact) mass is 238 g/mol. The number of aliphatic hydroxyl groups is 1. The van der Waals surface area contributed by atoms with Gasteiger partial charge in [0.1, 0.15) is 6.10 Å². The van der Waals surface area contributed by atoms with Crippen molar-refractivity contribution >= 4 is 5.78 Å². The molecule has 1 N–H and O–H groups in total. The fourth-order valence-electron chi connectivity index (χ4n) is 2.04. The molecule has 0 radical (unpaired) electrons. The second kappa shape index (κ2) is 6.55. The third-order valence-corrected chi connectivity index (χ3v) is 3.38. The average molecular weight is 238 g/mol. The Morgan fingerprint density at radius 2 is 2.12 bits per heavy atom. The molecular weight excluding hydrogens is 216 g/mol. The van der Waals surface area contributed by atoms with Gasteiger partial charge in [0.15, 0.2) is 5.78 Å². The molecule has 0 aliphatic heterocycles. The van der Waals surface area contributed by atoms with E-state index in [0.717, 1.165) is 18.5 Å². The standard InChI is InChI=1S/C13H22N2O2/c1-4-10(5-2)13(17)12(16)7-6-11-8-9-14-15(11)3/h8-10,13,17H,4-7H2,1-3H3. The maximum Gasteiger partial charge on any atom is 0.161 e. The lowest BCUT2D eigenvalue weighted by Gasteiger charge is -2.18. The van der Waals surface area contributed by atoms with Crippen molar-refractivity contribution in [3.8, 4) is 0 Å². The summed E-state index contributed by atoms with van der Waals surface area (Å²) in [4.78, 5) is 11.8. The highest BCUT2D eigenvalue weighted by atomic mass is 16.3. The molecule has 96 valence electrons. The minimum absolute atomic E-state index is 0.0556. The number of hydrogen-bond donors (Lipinski definition) is 1. The summed E-state index contributed by atoms with van der Waals surface area (Å²) in [5.41, 5.74) is 1.02. The molecule has 1 aromatic heterocycles. The molecule has 17 heavy (non-hydrogen) atoms. The number of aliphatic hydroxyl groups excluding tert-OH is 1. The van der Waals surface area contributed by atoms with Gasteiger partial charge in [-0.05, 0) is 18.4 Å². The van der Waals surface area contributed by atoms with Gasteiger partial charge in [-0.3, -0.25) is 9.48 Å². The molecule has 0 aliphatic carbocycles. The van der Waals surface area contributed by atoms with E-state index in [1.165, 1.54) is 0 Å². The first kappa shape index (κ1) is 13.9. The van der Waals surface area contributed by atoms with E-state index >= 15 is 0 Å². The molecule has 4 heteroatoms. The molecule has 0 fully saturated rings. The molecular formula is C13H22N2O2. The van der Waals surface area contributed by atoms with Gasteiger partial charge >= 0.3 is 0 Å². The number of nitrogens with zero attached hydrogens (tertiary/aromatic N) is 2. The van der Waals surface area contributed by atoms with Gasteiger partial charge in [0.05, 0.1) is 0 Å². The van der Waals surface area contributed by atoms with Crippen LogP contribution in [0.3, 0.4) is 0 Å². The summed E-state index contributed by atoms with van der Waals surface area (Å²) in [5, 5.41) is 14.0. The summed E-state index contributed by atoms with van der Waals surface area (Å²) in [5.74, 6) is 0.0361. The van der Waals surface area contributed by atoms with Gasteiger partial charge in [-0.1, -0.05) is 26.7 Å². The van der Waals surface area contributed by atoms with Crippen LogP contribution >= 0.6 is 0 Å². The van der Waals surface area contributed by atoms with Gasteiger partial charge in [0, 0.05) is 25.4 Å². The van der Waals surface area contributed by atoms with Crippen molar-refractivity contribution in [3.05, 3.63) is 18.0 Å². The second-order valence-electron chi connectivity index (χ2n) is 4.43. The van der Waals surface area contributed by atoms with Gasteiger partial charge in [-0.2, -0.15) is 5.10 Å². The van der Waals surface area contributed by atoms with E-state index in [-0.39, 0.29) is 11.7 Å². The van der Waals surface area contributed by atoms with Crippen LogP contribution in [-0.2, 0) is 18.3 Å². The Morgan fingerprint density at radius 3 is 2.59 bits per heavy atom. The number of aromatic nitrogens is 2. The molecule has 0 aromatic carbocycles. The van der Waals surface area contributed by atoms with Crippen molar-refractivity contribution in [2.24, 2.45) is 13.0 Å². The number of aryl methyl sites for hydroxylation is 2. The quantitative estimate of drug-likeness (QED) is 0.787. The summed E-state index contributed by atoms with van der Waals surface area (Å²) in [6.07, 6.45) is 3.63. The smallest absolute Gasteiger partial charge is 0.161 e. The van der Waals surface area contributed by atoms with E-state index in [1.807, 2.05) is 27.0 Å². The van der Waals surface area contributed by atoms with Crippen LogP contribution in [0.1, 0.15) is 38.8 Å². The number of Topliss-reactive ketones (excluding diaryl/α,β-unsaturated/α-hetero) is 1. The summed E-state index contributed by atoms with van der Waals surface area (Å²) < 4.78 is 1.76. The largest absolute Gasteiger partial charge is 0.385 e. The number of ketones is 1. The summed E-state index contributed by atoms with van der Waals surface area (Å²) >= 11 is 0. The fraction of sp³-hybridized carbons (Fsp3) is 0.692. The first-order chi connectivity index (χ1) is 8.10. The molecule has 1 rings (SSSR count). The highest BCUT2D eigenvalue weighted by Gasteiger charge is 2.22. The Labute approximate surface area is 103 Å². The molecule has 1 heterocycles. The summed E-state index contributed by atoms with van der Waals surface area (Å²) in [6, 6.07) is 1.90. The van der Waals surface area contributed by atoms with E-state index in [4.69, 9.17) is 0 Å². The van der Waals surface area contributed by atoms with Gasteiger partial charge < -0.3 is 5.11 Å². The van der Waals surface area contributed by atoms with Crippen LogP contribution in [0.2, 0.25) is 0 Å². The number of carbonyl (C=O) groups is 1. The van der Waals surface area contributed by atoms with Crippen molar-refractivity contribution in [3.63, 3.8) is 0 Å². The van der Waals surface area contributed by atoms with Crippen molar-refractivity contribution in [2.75, 3.05) is 0 Å². The molecule has 0 amide bonds. The normalized spacial score (nSPS) is 13.0. The minimum atomic E-state index is -0.807. The number of carbonyl (C=O) groups excluding carboxylic acids is 1. The number of rotatable bonds is 7. The van der Waals surface area contributed by atoms with Crippen LogP contribution in [0, 0.1) is 5.92 Å². The van der Waals surface area contributed by atoms with E-state index in [1.54, 1.807) is 10.9 Å². The van der Waals surface area contributed by atoms with Crippen LogP contribution in [-0.4, -0.2) is 26.8 Å². The molecule has 0 bridgehead atoms. The Morgan fingerprint density at radius 1 is 1.47 bits per heavy atom. The van der Waals surface area contributed by atoms with E-state index in [0.29, 0.717) is 12.8 Å². The molecule has 0 saturated heterocycles. The average Bonchev–Trinajstić information content (AvgIpc) is 2.73. The lowest BCUT2D eigenvalue weighted by molar-refractivity contribution is -0.129. The lowest BCUT2D eigenvalue weighted by Crippen LogP contribution is -2.29. The third kappa shape index (κ3) is 3.66. The number of hydrogen-bond acceptors (Lipinski definition) is 3. The summed E-state index contributed by atoms with van der Waals surface area (Å²) in [6.45, 7) is 4.01. The van der Waals surface area contributed by atoms with Crippen LogP contribution in [0.25, 0.3) is 0 Å². The topological polar surface area (TPSA) is 55.1 Å². The zero-order valence-electron chi connectivity index (χ0n) is 10.9. The minimum Gasteiger partial charge on any atom is -0.385 e. The van der Waals surface area contributed by atoms with Crippen LogP contribution in [0.15, 0.2) is 12.3 Å². The van der Waals surface area contributed by atoms with Gasteiger partial charge in [0.25, 0.3) is 0 Å². The lowest BCUT2D eigenvalue weighted by atomic mass is 9.92. The predicted molar refractivity (Wildman–Crippen MR) is 66.6 cm³/mol. The first-order valence-corrected chi connectivity index (χ1v) is 6.27. The Bertz CT molecular complexity index is 356. The molecule has 1 atom stereocenters. The Kier molecular flexibility index (Phi) is 5.35. The summed E-state index contributed by atoms with van der Waals surface area (Å²) in [7, 11) is 1.86. The molecule has 4 nitrogen and oxygen atoms in total. The molecule has 1 aromatic rings. The van der Waals surface area contributed by atoms with E-state index in [2.05, 4.69) is 5.10 Å². The van der Waals surface area contributed by atoms with E-state index < -0.39 is 6.10 Å². The molecule has 0 saturated carbocycles. The maximum absolute atomic E-state index is 11.8. The Hall–Kier alpha value is -1.16. The van der Waals surface area contributed by atoms with Crippen molar-refractivity contribution in [2.45, 2.75) is 45.6 Å². The SMILES string of the molecule is CCC(CC)C(O)C(=O)CCc1ccnn1C. The van der Waals surface area contributed by atoms with Crippen LogP contribution < -0.4 is 0 Å². The predicted octanol–water partition coefficient (Wildman–Crippen LogP) is 1.72. The van der Waals surface area contributed by atoms with Gasteiger partial charge in [0.2, 0.25) is 0 Å². The fourth-order valence-corrected chi connectivity index (χ4v) is 2.04. The van der Waals surface area contributed by atoms with E-state index in [9.17, 15) is 9.90 Å². The second-order valence-corrected chi connectivity index (χ2v) is 4.43. The van der Waals surface area contributed by atoms with Crippen molar-refractivity contribution < 1.29 is 9.90 Å². The van der Waals surface area contributed by atoms with Crippen LogP contribution in [0.5, 0.6) is 0 Å².